The number of hydrogen-bond donors (Lipinski definition) is 2. The summed E-state index contributed by atoms with van der Waals surface area (Å²) in [5, 5.41) is 19.9. The number of benzene rings is 2. The Morgan fingerprint density at radius 1 is 1.24 bits per heavy atom. The van der Waals surface area contributed by atoms with Crippen LogP contribution in [0.25, 0.3) is 10.8 Å². The summed E-state index contributed by atoms with van der Waals surface area (Å²) < 4.78 is 10.4. The van der Waals surface area contributed by atoms with Crippen LogP contribution >= 0.6 is 0 Å². The first kappa shape index (κ1) is 11.7. The molecule has 0 aliphatic heterocycles. The van der Waals surface area contributed by atoms with Crippen molar-refractivity contribution in [2.24, 2.45) is 0 Å². The monoisotopic (exact) mass is 234 g/mol. The van der Waals surface area contributed by atoms with Gasteiger partial charge in [0, 0.05) is 11.5 Å². The molecule has 0 spiro atoms. The fraction of sp³-hybridized carbons (Fsp3) is 0.231. The average Bonchev–Trinajstić information content (AvgIpc) is 2.38. The van der Waals surface area contributed by atoms with Crippen LogP contribution in [0.3, 0.4) is 0 Å². The molecule has 0 aromatic heterocycles. The first-order valence-corrected chi connectivity index (χ1v) is 5.27. The maximum atomic E-state index is 9.32. The Bertz CT molecular complexity index is 510. The molecule has 2 rings (SSSR count). The molecule has 0 saturated heterocycles. The lowest BCUT2D eigenvalue weighted by Gasteiger charge is -2.14. The zero-order valence-corrected chi connectivity index (χ0v) is 9.46. The lowest BCUT2D eigenvalue weighted by molar-refractivity contribution is -0.0540. The molecule has 17 heavy (non-hydrogen) atoms. The van der Waals surface area contributed by atoms with Crippen LogP contribution in [0.2, 0.25) is 0 Å². The zero-order valence-electron chi connectivity index (χ0n) is 9.46. The van der Waals surface area contributed by atoms with E-state index >= 15 is 0 Å². The Hall–Kier alpha value is -1.78. The highest BCUT2D eigenvalue weighted by Gasteiger charge is 2.09. The van der Waals surface area contributed by atoms with Gasteiger partial charge >= 0.3 is 0 Å². The Morgan fingerprint density at radius 3 is 2.71 bits per heavy atom. The molecule has 0 amide bonds. The van der Waals surface area contributed by atoms with Gasteiger partial charge in [0.15, 0.2) is 0 Å². The van der Waals surface area contributed by atoms with E-state index in [9.17, 15) is 5.11 Å². The molecule has 0 aliphatic rings. The predicted molar refractivity (Wildman–Crippen MR) is 64.2 cm³/mol. The summed E-state index contributed by atoms with van der Waals surface area (Å²) in [6, 6.07) is 11.2. The maximum absolute atomic E-state index is 9.32. The van der Waals surface area contributed by atoms with Crippen LogP contribution < -0.4 is 9.47 Å². The number of aliphatic hydroxyl groups is 2. The quantitative estimate of drug-likeness (QED) is 0.788. The molecule has 0 bridgehead atoms. The minimum Gasteiger partial charge on any atom is -0.497 e. The molecular weight excluding hydrogens is 220 g/mol. The summed E-state index contributed by atoms with van der Waals surface area (Å²) in [5.41, 5.74) is 0. The van der Waals surface area contributed by atoms with E-state index in [1.54, 1.807) is 13.2 Å². The summed E-state index contributed by atoms with van der Waals surface area (Å²) >= 11 is 0. The van der Waals surface area contributed by atoms with Crippen LogP contribution in [0.1, 0.15) is 0 Å². The van der Waals surface area contributed by atoms with Gasteiger partial charge in [-0.1, -0.05) is 24.3 Å². The van der Waals surface area contributed by atoms with Crippen molar-refractivity contribution >= 4 is 10.8 Å². The van der Waals surface area contributed by atoms with Gasteiger partial charge in [-0.25, -0.2) is 0 Å². The van der Waals surface area contributed by atoms with Gasteiger partial charge in [0.05, 0.1) is 7.11 Å². The van der Waals surface area contributed by atoms with Gasteiger partial charge < -0.3 is 19.7 Å². The number of hydrogen-bond acceptors (Lipinski definition) is 4. The number of rotatable bonds is 4. The van der Waals surface area contributed by atoms with Crippen molar-refractivity contribution < 1.29 is 19.7 Å². The van der Waals surface area contributed by atoms with Crippen molar-refractivity contribution in [3.63, 3.8) is 0 Å². The van der Waals surface area contributed by atoms with Gasteiger partial charge in [-0.3, -0.25) is 0 Å². The van der Waals surface area contributed by atoms with Gasteiger partial charge in [0.1, 0.15) is 18.1 Å². The molecule has 4 nitrogen and oxygen atoms in total. The molecule has 0 saturated carbocycles. The Kier molecular flexibility index (Phi) is 3.46. The van der Waals surface area contributed by atoms with Gasteiger partial charge in [-0.05, 0) is 11.5 Å². The third kappa shape index (κ3) is 2.49. The molecular formula is C13H14O4. The Labute approximate surface area is 99.0 Å². The molecule has 0 aliphatic carbocycles. The molecule has 1 unspecified atom stereocenters. The van der Waals surface area contributed by atoms with E-state index < -0.39 is 12.9 Å². The second-order valence-corrected chi connectivity index (χ2v) is 3.60. The lowest BCUT2D eigenvalue weighted by Crippen LogP contribution is -2.19. The summed E-state index contributed by atoms with van der Waals surface area (Å²) in [6.45, 7) is -0.453. The summed E-state index contributed by atoms with van der Waals surface area (Å²) in [6.07, 6.45) is -1.23. The second-order valence-electron chi connectivity index (χ2n) is 3.60. The molecule has 90 valence electrons. The highest BCUT2D eigenvalue weighted by atomic mass is 16.6. The molecule has 2 aromatic rings. The maximum Gasteiger partial charge on any atom is 0.220 e. The summed E-state index contributed by atoms with van der Waals surface area (Å²) in [5.74, 6) is 1.13. The van der Waals surface area contributed by atoms with Crippen LogP contribution in [-0.2, 0) is 0 Å². The van der Waals surface area contributed by atoms with Crippen molar-refractivity contribution in [2.45, 2.75) is 6.29 Å². The summed E-state index contributed by atoms with van der Waals surface area (Å²) in [4.78, 5) is 0. The first-order chi connectivity index (χ1) is 8.24. The van der Waals surface area contributed by atoms with E-state index in [0.29, 0.717) is 11.5 Å². The summed E-state index contributed by atoms with van der Waals surface area (Å²) in [7, 11) is 1.57. The fourth-order valence-corrected chi connectivity index (χ4v) is 1.65. The van der Waals surface area contributed by atoms with Crippen LogP contribution in [0, 0.1) is 0 Å². The molecule has 2 aromatic carbocycles. The molecule has 1 atom stereocenters. The van der Waals surface area contributed by atoms with Gasteiger partial charge in [-0.15, -0.1) is 0 Å². The molecule has 2 N–H and O–H groups in total. The van der Waals surface area contributed by atoms with Crippen LogP contribution in [-0.4, -0.2) is 30.2 Å². The van der Waals surface area contributed by atoms with Gasteiger partial charge in [0.25, 0.3) is 0 Å². The standard InChI is InChI=1S/C13H14O4/c1-16-10-6-9-4-2-3-5-11(9)12(7-10)17-13(15)8-14/h2-7,13-15H,8H2,1H3. The van der Waals surface area contributed by atoms with Crippen LogP contribution in [0.5, 0.6) is 11.5 Å². The second kappa shape index (κ2) is 5.03. The Morgan fingerprint density at radius 2 is 2.00 bits per heavy atom. The largest absolute Gasteiger partial charge is 0.497 e. The van der Waals surface area contributed by atoms with Crippen molar-refractivity contribution in [2.75, 3.05) is 13.7 Å². The number of fused-ring (bicyclic) bond motifs is 1. The lowest BCUT2D eigenvalue weighted by atomic mass is 10.1. The normalized spacial score (nSPS) is 12.4. The highest BCUT2D eigenvalue weighted by molar-refractivity contribution is 5.89. The zero-order chi connectivity index (χ0) is 12.3. The van der Waals surface area contributed by atoms with Crippen molar-refractivity contribution in [1.29, 1.82) is 0 Å². The smallest absolute Gasteiger partial charge is 0.220 e. The molecule has 0 radical (unpaired) electrons. The number of aliphatic hydroxyl groups excluding tert-OH is 2. The van der Waals surface area contributed by atoms with Crippen molar-refractivity contribution in [1.82, 2.24) is 0 Å². The average molecular weight is 234 g/mol. The van der Waals surface area contributed by atoms with E-state index in [-0.39, 0.29) is 0 Å². The molecule has 0 heterocycles. The van der Waals surface area contributed by atoms with E-state index in [1.165, 1.54) is 0 Å². The minimum atomic E-state index is -1.23. The van der Waals surface area contributed by atoms with Crippen LogP contribution in [0.15, 0.2) is 36.4 Å². The first-order valence-electron chi connectivity index (χ1n) is 5.27. The third-order valence-corrected chi connectivity index (χ3v) is 2.45. The van der Waals surface area contributed by atoms with E-state index in [0.717, 1.165) is 10.8 Å². The van der Waals surface area contributed by atoms with E-state index in [1.807, 2.05) is 30.3 Å². The highest BCUT2D eigenvalue weighted by Crippen LogP contribution is 2.31. The third-order valence-electron chi connectivity index (χ3n) is 2.45. The Balaban J connectivity index is 2.50. The van der Waals surface area contributed by atoms with Crippen LogP contribution in [0.4, 0.5) is 0 Å². The van der Waals surface area contributed by atoms with Crippen molar-refractivity contribution in [3.05, 3.63) is 36.4 Å². The van der Waals surface area contributed by atoms with Crippen molar-refractivity contribution in [3.8, 4) is 11.5 Å². The van der Waals surface area contributed by atoms with Gasteiger partial charge in [0.2, 0.25) is 6.29 Å². The predicted octanol–water partition coefficient (Wildman–Crippen LogP) is 1.54. The fourth-order valence-electron chi connectivity index (χ4n) is 1.65. The number of methoxy groups -OCH3 is 1. The molecule has 4 heteroatoms. The van der Waals surface area contributed by atoms with E-state index in [4.69, 9.17) is 14.6 Å². The number of ether oxygens (including phenoxy) is 2. The molecule has 0 fully saturated rings. The van der Waals surface area contributed by atoms with E-state index in [2.05, 4.69) is 0 Å². The SMILES string of the molecule is COc1cc(OC(O)CO)c2ccccc2c1. The minimum absolute atomic E-state index is 0.453. The topological polar surface area (TPSA) is 58.9 Å². The van der Waals surface area contributed by atoms with Gasteiger partial charge in [-0.2, -0.15) is 0 Å².